The van der Waals surface area contributed by atoms with Crippen LogP contribution < -0.4 is 0 Å². The second-order valence-corrected chi connectivity index (χ2v) is 18.6. The van der Waals surface area contributed by atoms with Crippen LogP contribution in [-0.2, 0) is 19.2 Å². The van der Waals surface area contributed by atoms with E-state index in [2.05, 4.69) is 37.5 Å². The Morgan fingerprint density at radius 1 is 1.29 bits per heavy atom. The molecule has 3 fully saturated rings. The third-order valence-electron chi connectivity index (χ3n) is 7.20. The molecule has 1 N–H and O–H groups in total. The van der Waals surface area contributed by atoms with Crippen molar-refractivity contribution in [1.29, 1.82) is 0 Å². The van der Waals surface area contributed by atoms with Crippen molar-refractivity contribution >= 4 is 17.8 Å². The summed E-state index contributed by atoms with van der Waals surface area (Å²) in [5, 5.41) is 12.1. The predicted octanol–water partition coefficient (Wildman–Crippen LogP) is 4.95. The fraction of sp³-hybridized carbons (Fsp3) is 0.667. The molecule has 0 radical (unpaired) electrons. The number of benzene rings is 1. The van der Waals surface area contributed by atoms with Crippen LogP contribution in [0, 0.1) is 11.3 Å². The summed E-state index contributed by atoms with van der Waals surface area (Å²) in [7, 11) is -2.39. The molecule has 3 aliphatic carbocycles. The molecule has 1 aromatic rings. The van der Waals surface area contributed by atoms with Crippen molar-refractivity contribution in [2.24, 2.45) is 15.7 Å². The highest BCUT2D eigenvalue weighted by Gasteiger charge is 2.62. The van der Waals surface area contributed by atoms with Crippen LogP contribution in [0.3, 0.4) is 0 Å². The largest absolute Gasteiger partial charge is 0.386 e. The smallest absolute Gasteiger partial charge is 0.147 e. The predicted molar refractivity (Wildman–Crippen MR) is 129 cm³/mol. The normalized spacial score (nSPS) is 32.6. The van der Waals surface area contributed by atoms with Gasteiger partial charge in [-0.15, -0.1) is 0 Å². The molecule has 3 saturated carbocycles. The van der Waals surface area contributed by atoms with Gasteiger partial charge in [0.15, 0.2) is 0 Å². The number of rotatable bonds is 9. The monoisotopic (exact) mass is 465 g/mol. The molecule has 2 bridgehead atoms. The van der Waals surface area contributed by atoms with Gasteiger partial charge in [0.2, 0.25) is 0 Å². The van der Waals surface area contributed by atoms with E-state index in [4.69, 9.17) is 9.47 Å². The van der Waals surface area contributed by atoms with Crippen LogP contribution in [0.15, 0.2) is 51.7 Å². The van der Waals surface area contributed by atoms with Crippen molar-refractivity contribution in [3.63, 3.8) is 0 Å². The Kier molecular flexibility index (Phi) is 7.23. The number of nitrogens with zero attached hydrogens (tertiary/aromatic N) is 1. The van der Waals surface area contributed by atoms with Crippen LogP contribution in [-0.4, -0.2) is 55.3 Å². The van der Waals surface area contributed by atoms with E-state index in [0.717, 1.165) is 30.9 Å². The molecule has 0 aliphatic heterocycles. The van der Waals surface area contributed by atoms with Gasteiger partial charge in [-0.3, -0.25) is 0 Å². The van der Waals surface area contributed by atoms with E-state index in [0.29, 0.717) is 11.5 Å². The van der Waals surface area contributed by atoms with Gasteiger partial charge in [0.25, 0.3) is 0 Å². The van der Waals surface area contributed by atoms with Gasteiger partial charge in [-0.1, -0.05) is 56.9 Å². The molecule has 1 aromatic carbocycles. The van der Waals surface area contributed by atoms with E-state index >= 15 is 0 Å². The van der Waals surface area contributed by atoms with E-state index in [1.54, 1.807) is 7.05 Å². The first kappa shape index (κ1) is 24.6. The van der Waals surface area contributed by atoms with Crippen molar-refractivity contribution in [2.75, 3.05) is 26.2 Å². The molecular weight excluding hydrogens is 426 g/mol. The number of hydrogen-bond donors (Lipinski definition) is 1. The fourth-order valence-electron chi connectivity index (χ4n) is 5.07. The number of hydrogen-bond acceptors (Lipinski definition) is 5. The summed E-state index contributed by atoms with van der Waals surface area (Å²) >= 11 is 0. The second-order valence-electron chi connectivity index (χ2n) is 10.6. The highest BCUT2D eigenvalue weighted by atomic mass is 32.2. The maximum atomic E-state index is 13.9. The molecule has 3 aliphatic rings. The maximum absolute atomic E-state index is 13.9. The number of aliphatic hydroxyl groups is 1. The van der Waals surface area contributed by atoms with Gasteiger partial charge in [-0.25, -0.2) is 8.57 Å². The zero-order valence-corrected chi connectivity index (χ0v) is 21.5. The minimum atomic E-state index is -2.79. The molecule has 174 valence electrons. The zero-order chi connectivity index (χ0) is 22.9. The minimum Gasteiger partial charge on any atom is -0.386 e. The minimum absolute atomic E-state index is 0.0416. The highest BCUT2D eigenvalue weighted by molar-refractivity contribution is 7.93. The zero-order valence-electron chi connectivity index (χ0n) is 19.7. The van der Waals surface area contributed by atoms with Gasteiger partial charge >= 0.3 is 0 Å². The summed E-state index contributed by atoms with van der Waals surface area (Å²) in [4.78, 5) is 0.654. The first-order valence-electron chi connectivity index (χ1n) is 11.2. The molecule has 5 nitrogen and oxygen atoms in total. The quantitative estimate of drug-likeness (QED) is 0.242. The fourth-order valence-corrected chi connectivity index (χ4v) is 7.93. The van der Waals surface area contributed by atoms with E-state index in [9.17, 15) is 9.32 Å². The lowest BCUT2D eigenvalue weighted by atomic mass is 9.52. The molecular formula is C24H39NO4SSi. The first-order valence-corrected chi connectivity index (χ1v) is 16.6. The van der Waals surface area contributed by atoms with Crippen LogP contribution in [0.2, 0.25) is 25.7 Å². The van der Waals surface area contributed by atoms with Crippen LogP contribution in [0.25, 0.3) is 0 Å². The standard InChI is InChI=1S/C24H39NO4SSi/c1-19-16-20-12-13-23(19,2)22(29-18-28-14-15-31(4,5)6)24(20,26)17-30(27,25-3)21-10-8-7-9-11-21/h7-11,20,22,26H,1,12-18H2,2-6H3/t20-,22+,23+,24+,30-/m1/s1. The second kappa shape index (κ2) is 9.10. The molecule has 0 amide bonds. The van der Waals surface area contributed by atoms with Crippen LogP contribution in [0.4, 0.5) is 0 Å². The lowest BCUT2D eigenvalue weighted by molar-refractivity contribution is -0.236. The third kappa shape index (κ3) is 5.01. The van der Waals surface area contributed by atoms with E-state index in [-0.39, 0.29) is 23.9 Å². The highest BCUT2D eigenvalue weighted by Crippen LogP contribution is 2.58. The Hall–Kier alpha value is -0.993. The van der Waals surface area contributed by atoms with Gasteiger partial charge in [0, 0.05) is 32.0 Å². The molecule has 5 atom stereocenters. The van der Waals surface area contributed by atoms with Crippen LogP contribution >= 0.6 is 0 Å². The van der Waals surface area contributed by atoms with Crippen molar-refractivity contribution in [3.05, 3.63) is 42.5 Å². The SMILES string of the molecule is C=C1C[C@H]2CC[C@]1(C)[C@H](OCOCC[Si](C)(C)C)[C@]2(O)C[S@](=O)(=NC)c1ccccc1. The average Bonchev–Trinajstić information content (AvgIpc) is 2.71. The van der Waals surface area contributed by atoms with Gasteiger partial charge in [-0.2, -0.15) is 0 Å². The van der Waals surface area contributed by atoms with Crippen molar-refractivity contribution in [1.82, 2.24) is 0 Å². The topological polar surface area (TPSA) is 68.1 Å². The van der Waals surface area contributed by atoms with Gasteiger partial charge in [-0.05, 0) is 43.4 Å². The van der Waals surface area contributed by atoms with E-state index in [1.165, 1.54) is 0 Å². The number of ether oxygens (including phenoxy) is 2. The Balaban J connectivity index is 1.85. The Morgan fingerprint density at radius 2 is 1.97 bits per heavy atom. The Morgan fingerprint density at radius 3 is 2.55 bits per heavy atom. The van der Waals surface area contributed by atoms with Crippen molar-refractivity contribution in [3.8, 4) is 0 Å². The molecule has 0 unspecified atom stereocenters. The van der Waals surface area contributed by atoms with E-state index < -0.39 is 29.5 Å². The van der Waals surface area contributed by atoms with E-state index in [1.807, 2.05) is 30.3 Å². The summed E-state index contributed by atoms with van der Waals surface area (Å²) in [6.45, 7) is 14.2. The summed E-state index contributed by atoms with van der Waals surface area (Å²) in [5.41, 5.74) is -0.501. The average molecular weight is 466 g/mol. The summed E-state index contributed by atoms with van der Waals surface area (Å²) in [5.74, 6) is 0.0215. The molecule has 0 saturated heterocycles. The summed E-state index contributed by atoms with van der Waals surface area (Å²) in [6.07, 6.45) is 2.00. The lowest BCUT2D eigenvalue weighted by Gasteiger charge is -2.60. The molecule has 0 spiro atoms. The number of fused-ring (bicyclic) bond motifs is 3. The first-order chi connectivity index (χ1) is 14.4. The van der Waals surface area contributed by atoms with Crippen molar-refractivity contribution in [2.45, 2.75) is 68.5 Å². The van der Waals surface area contributed by atoms with Crippen LogP contribution in [0.5, 0.6) is 0 Å². The Bertz CT molecular complexity index is 906. The van der Waals surface area contributed by atoms with Crippen LogP contribution in [0.1, 0.15) is 26.2 Å². The van der Waals surface area contributed by atoms with Gasteiger partial charge < -0.3 is 14.6 Å². The summed E-state index contributed by atoms with van der Waals surface area (Å²) < 4.78 is 30.3. The molecule has 31 heavy (non-hydrogen) atoms. The van der Waals surface area contributed by atoms with Crippen molar-refractivity contribution < 1.29 is 18.8 Å². The maximum Gasteiger partial charge on any atom is 0.147 e. The molecule has 0 heterocycles. The van der Waals surface area contributed by atoms with Gasteiger partial charge in [0.05, 0.1) is 21.6 Å². The Labute approximate surface area is 189 Å². The molecule has 7 heteroatoms. The molecule has 4 rings (SSSR count). The van der Waals surface area contributed by atoms with Gasteiger partial charge in [0.1, 0.15) is 12.4 Å². The lowest BCUT2D eigenvalue weighted by Crippen LogP contribution is -2.67. The third-order valence-corrected chi connectivity index (χ3v) is 11.4. The summed E-state index contributed by atoms with van der Waals surface area (Å²) in [6, 6.07) is 10.3. The molecule has 0 aromatic heterocycles.